The number of aromatic nitrogens is 1. The maximum atomic E-state index is 12.3. The smallest absolute Gasteiger partial charge is 0.222 e. The van der Waals surface area contributed by atoms with Crippen molar-refractivity contribution in [3.05, 3.63) is 30.1 Å². The number of carbonyl (C=O) groups is 1. The zero-order chi connectivity index (χ0) is 14.5. The number of nitrogens with zero attached hydrogens (tertiary/aromatic N) is 3. The molecule has 3 rings (SSSR count). The molecule has 5 heteroatoms. The van der Waals surface area contributed by atoms with E-state index in [0.29, 0.717) is 18.2 Å². The molecule has 1 aromatic heterocycles. The monoisotopic (exact) mass is 288 g/mol. The Bertz CT molecular complexity index is 451. The number of pyridine rings is 1. The van der Waals surface area contributed by atoms with Crippen LogP contribution in [0.25, 0.3) is 0 Å². The molecule has 21 heavy (non-hydrogen) atoms. The van der Waals surface area contributed by atoms with E-state index in [-0.39, 0.29) is 0 Å². The third-order valence-electron chi connectivity index (χ3n) is 4.46. The molecule has 0 radical (unpaired) electrons. The first-order valence-electron chi connectivity index (χ1n) is 7.92. The van der Waals surface area contributed by atoms with Gasteiger partial charge in [0.15, 0.2) is 0 Å². The van der Waals surface area contributed by atoms with Crippen LogP contribution in [0, 0.1) is 5.92 Å². The van der Waals surface area contributed by atoms with Crippen LogP contribution in [0.15, 0.2) is 24.4 Å². The average Bonchev–Trinajstić information content (AvgIpc) is 3.02. The second kappa shape index (κ2) is 7.00. The number of hydrogen-bond acceptors (Lipinski definition) is 4. The predicted molar refractivity (Wildman–Crippen MR) is 81.7 cm³/mol. The van der Waals surface area contributed by atoms with Crippen molar-refractivity contribution in [3.8, 4) is 0 Å². The summed E-state index contributed by atoms with van der Waals surface area (Å²) in [5, 5.41) is 3.33. The van der Waals surface area contributed by atoms with E-state index in [1.165, 1.54) is 0 Å². The van der Waals surface area contributed by atoms with E-state index in [9.17, 15) is 4.79 Å². The first-order valence-corrected chi connectivity index (χ1v) is 7.92. The van der Waals surface area contributed by atoms with Crippen LogP contribution in [0.2, 0.25) is 0 Å². The van der Waals surface area contributed by atoms with Gasteiger partial charge in [-0.1, -0.05) is 6.07 Å². The van der Waals surface area contributed by atoms with E-state index in [1.54, 1.807) is 0 Å². The molecule has 0 aliphatic carbocycles. The standard InChI is InChI=1S/C16H24N4O/c21-16(11-14-4-6-17-12-14)20-9-7-19(8-10-20)13-15-3-1-2-5-18-15/h1-3,5,14,17H,4,6-13H2. The molecule has 1 N–H and O–H groups in total. The van der Waals surface area contributed by atoms with Crippen molar-refractivity contribution < 1.29 is 4.79 Å². The van der Waals surface area contributed by atoms with Crippen LogP contribution in [-0.2, 0) is 11.3 Å². The van der Waals surface area contributed by atoms with Gasteiger partial charge in [0.25, 0.3) is 0 Å². The molecule has 2 fully saturated rings. The quantitative estimate of drug-likeness (QED) is 0.887. The first-order chi connectivity index (χ1) is 10.3. The Kier molecular flexibility index (Phi) is 4.83. The van der Waals surface area contributed by atoms with Gasteiger partial charge in [0.1, 0.15) is 0 Å². The van der Waals surface area contributed by atoms with Crippen LogP contribution in [0.4, 0.5) is 0 Å². The number of amides is 1. The summed E-state index contributed by atoms with van der Waals surface area (Å²) in [6.45, 7) is 6.56. The van der Waals surface area contributed by atoms with E-state index in [0.717, 1.165) is 57.9 Å². The van der Waals surface area contributed by atoms with Crippen molar-refractivity contribution in [1.82, 2.24) is 20.1 Å². The van der Waals surface area contributed by atoms with E-state index >= 15 is 0 Å². The molecule has 0 aromatic carbocycles. The lowest BCUT2D eigenvalue weighted by atomic mass is 10.0. The molecule has 3 heterocycles. The van der Waals surface area contributed by atoms with Crippen LogP contribution in [-0.4, -0.2) is 60.0 Å². The van der Waals surface area contributed by atoms with Gasteiger partial charge in [-0.05, 0) is 37.6 Å². The molecule has 5 nitrogen and oxygen atoms in total. The zero-order valence-electron chi connectivity index (χ0n) is 12.5. The molecule has 1 amide bonds. The van der Waals surface area contributed by atoms with Crippen LogP contribution in [0.3, 0.4) is 0 Å². The van der Waals surface area contributed by atoms with Gasteiger partial charge >= 0.3 is 0 Å². The summed E-state index contributed by atoms with van der Waals surface area (Å²) in [5.41, 5.74) is 1.11. The van der Waals surface area contributed by atoms with Crippen LogP contribution < -0.4 is 5.32 Å². The molecule has 2 aliphatic heterocycles. The summed E-state index contributed by atoms with van der Waals surface area (Å²) >= 11 is 0. The highest BCUT2D eigenvalue weighted by Crippen LogP contribution is 2.15. The zero-order valence-corrected chi connectivity index (χ0v) is 12.5. The minimum absolute atomic E-state index is 0.334. The van der Waals surface area contributed by atoms with Crippen molar-refractivity contribution in [2.45, 2.75) is 19.4 Å². The fourth-order valence-electron chi connectivity index (χ4n) is 3.14. The lowest BCUT2D eigenvalue weighted by Gasteiger charge is -2.35. The highest BCUT2D eigenvalue weighted by Gasteiger charge is 2.25. The first kappa shape index (κ1) is 14.5. The Morgan fingerprint density at radius 2 is 2.14 bits per heavy atom. The van der Waals surface area contributed by atoms with Crippen LogP contribution >= 0.6 is 0 Å². The Hall–Kier alpha value is -1.46. The van der Waals surface area contributed by atoms with Crippen LogP contribution in [0.1, 0.15) is 18.5 Å². The summed E-state index contributed by atoms with van der Waals surface area (Å²) in [7, 11) is 0. The number of rotatable bonds is 4. The van der Waals surface area contributed by atoms with Gasteiger partial charge in [0.2, 0.25) is 5.91 Å². The van der Waals surface area contributed by atoms with Gasteiger partial charge in [-0.3, -0.25) is 14.7 Å². The summed E-state index contributed by atoms with van der Waals surface area (Å²) in [6.07, 6.45) is 3.70. The van der Waals surface area contributed by atoms with Crippen molar-refractivity contribution >= 4 is 5.91 Å². The number of nitrogens with one attached hydrogen (secondary N) is 1. The number of piperazine rings is 1. The minimum Gasteiger partial charge on any atom is -0.340 e. The SMILES string of the molecule is O=C(CC1CCNC1)N1CCN(Cc2ccccn2)CC1. The summed E-state index contributed by atoms with van der Waals surface area (Å²) in [5.74, 6) is 0.880. The third-order valence-corrected chi connectivity index (χ3v) is 4.46. The molecule has 1 aromatic rings. The van der Waals surface area contributed by atoms with E-state index in [1.807, 2.05) is 23.2 Å². The Labute approximate surface area is 126 Å². The second-order valence-corrected chi connectivity index (χ2v) is 6.04. The lowest BCUT2D eigenvalue weighted by Crippen LogP contribution is -2.48. The topological polar surface area (TPSA) is 48.5 Å². The molecule has 2 saturated heterocycles. The lowest BCUT2D eigenvalue weighted by molar-refractivity contribution is -0.133. The maximum absolute atomic E-state index is 12.3. The Balaban J connectivity index is 1.43. The third kappa shape index (κ3) is 4.02. The van der Waals surface area contributed by atoms with Gasteiger partial charge < -0.3 is 10.2 Å². The van der Waals surface area contributed by atoms with Gasteiger partial charge in [-0.2, -0.15) is 0 Å². The van der Waals surface area contributed by atoms with Gasteiger partial charge in [-0.25, -0.2) is 0 Å². The largest absolute Gasteiger partial charge is 0.340 e. The van der Waals surface area contributed by atoms with Crippen molar-refractivity contribution in [2.75, 3.05) is 39.3 Å². The van der Waals surface area contributed by atoms with E-state index in [4.69, 9.17) is 0 Å². The van der Waals surface area contributed by atoms with Crippen molar-refractivity contribution in [1.29, 1.82) is 0 Å². The minimum atomic E-state index is 0.334. The number of carbonyl (C=O) groups excluding carboxylic acids is 1. The predicted octanol–water partition coefficient (Wildman–Crippen LogP) is 0.725. The molecule has 114 valence electrons. The molecule has 1 atom stereocenters. The summed E-state index contributed by atoms with van der Waals surface area (Å²) < 4.78 is 0. The van der Waals surface area contributed by atoms with Crippen molar-refractivity contribution in [3.63, 3.8) is 0 Å². The van der Waals surface area contributed by atoms with Gasteiger partial charge in [-0.15, -0.1) is 0 Å². The average molecular weight is 288 g/mol. The molecule has 0 saturated carbocycles. The molecular formula is C16H24N4O. The summed E-state index contributed by atoms with van der Waals surface area (Å²) in [6, 6.07) is 6.03. The Morgan fingerprint density at radius 1 is 1.29 bits per heavy atom. The van der Waals surface area contributed by atoms with Gasteiger partial charge in [0, 0.05) is 45.3 Å². The highest BCUT2D eigenvalue weighted by molar-refractivity contribution is 5.76. The molecule has 0 spiro atoms. The van der Waals surface area contributed by atoms with E-state index in [2.05, 4.69) is 21.3 Å². The highest BCUT2D eigenvalue weighted by atomic mass is 16.2. The molecule has 2 aliphatic rings. The van der Waals surface area contributed by atoms with Crippen molar-refractivity contribution in [2.24, 2.45) is 5.92 Å². The second-order valence-electron chi connectivity index (χ2n) is 6.04. The molecular weight excluding hydrogens is 264 g/mol. The fraction of sp³-hybridized carbons (Fsp3) is 0.625. The molecule has 1 unspecified atom stereocenters. The van der Waals surface area contributed by atoms with Gasteiger partial charge in [0.05, 0.1) is 5.69 Å². The normalized spacial score (nSPS) is 23.4. The Morgan fingerprint density at radius 3 is 2.81 bits per heavy atom. The number of hydrogen-bond donors (Lipinski definition) is 1. The fourth-order valence-corrected chi connectivity index (χ4v) is 3.14. The van der Waals surface area contributed by atoms with E-state index < -0.39 is 0 Å². The molecule has 0 bridgehead atoms. The van der Waals surface area contributed by atoms with Crippen LogP contribution in [0.5, 0.6) is 0 Å². The maximum Gasteiger partial charge on any atom is 0.222 e. The summed E-state index contributed by atoms with van der Waals surface area (Å²) in [4.78, 5) is 21.1.